The van der Waals surface area contributed by atoms with Gasteiger partial charge in [-0.15, -0.1) is 0 Å². The van der Waals surface area contributed by atoms with Crippen LogP contribution in [0.2, 0.25) is 0 Å². The van der Waals surface area contributed by atoms with Crippen molar-refractivity contribution in [2.24, 2.45) is 0 Å². The van der Waals surface area contributed by atoms with E-state index in [1.165, 1.54) is 11.6 Å². The zero-order valence-corrected chi connectivity index (χ0v) is 13.4. The van der Waals surface area contributed by atoms with Crippen molar-refractivity contribution >= 4 is 15.9 Å². The molecule has 0 fully saturated rings. The van der Waals surface area contributed by atoms with Crippen LogP contribution < -0.4 is 5.32 Å². The first-order valence-electron chi connectivity index (χ1n) is 6.75. The Morgan fingerprint density at radius 2 is 2.00 bits per heavy atom. The predicted octanol–water partition coefficient (Wildman–Crippen LogP) is 4.44. The van der Waals surface area contributed by atoms with E-state index in [4.69, 9.17) is 0 Å². The monoisotopic (exact) mass is 335 g/mol. The SMILES string of the molecule is CNCC(Cc1cc(F)ccc1C)c1cccc(Br)c1. The van der Waals surface area contributed by atoms with Gasteiger partial charge < -0.3 is 5.32 Å². The molecule has 1 unspecified atom stereocenters. The van der Waals surface area contributed by atoms with E-state index in [9.17, 15) is 4.39 Å². The largest absolute Gasteiger partial charge is 0.319 e. The first-order valence-corrected chi connectivity index (χ1v) is 7.54. The molecule has 1 atom stereocenters. The Balaban J connectivity index is 2.27. The van der Waals surface area contributed by atoms with E-state index in [2.05, 4.69) is 33.4 Å². The first kappa shape index (κ1) is 15.2. The maximum Gasteiger partial charge on any atom is 0.123 e. The maximum atomic E-state index is 13.4. The Bertz CT molecular complexity index is 583. The number of nitrogens with one attached hydrogen (secondary N) is 1. The van der Waals surface area contributed by atoms with Crippen LogP contribution in [0.15, 0.2) is 46.9 Å². The lowest BCUT2D eigenvalue weighted by Crippen LogP contribution is -2.19. The van der Waals surface area contributed by atoms with E-state index in [-0.39, 0.29) is 5.82 Å². The summed E-state index contributed by atoms with van der Waals surface area (Å²) < 4.78 is 14.5. The fourth-order valence-electron chi connectivity index (χ4n) is 2.44. The number of rotatable bonds is 5. The molecule has 2 rings (SSSR count). The Morgan fingerprint density at radius 1 is 1.20 bits per heavy atom. The molecule has 2 aromatic rings. The van der Waals surface area contributed by atoms with Crippen LogP contribution in [0, 0.1) is 12.7 Å². The number of halogens is 2. The van der Waals surface area contributed by atoms with Gasteiger partial charge in [0.2, 0.25) is 0 Å². The minimum atomic E-state index is -0.164. The van der Waals surface area contributed by atoms with Crippen molar-refractivity contribution < 1.29 is 4.39 Å². The summed E-state index contributed by atoms with van der Waals surface area (Å²) in [6.07, 6.45) is 0.834. The molecule has 2 aromatic carbocycles. The highest BCUT2D eigenvalue weighted by Gasteiger charge is 2.14. The van der Waals surface area contributed by atoms with Gasteiger partial charge in [-0.1, -0.05) is 34.1 Å². The van der Waals surface area contributed by atoms with Crippen molar-refractivity contribution in [3.8, 4) is 0 Å². The maximum absolute atomic E-state index is 13.4. The van der Waals surface area contributed by atoms with Crippen LogP contribution in [0.25, 0.3) is 0 Å². The van der Waals surface area contributed by atoms with Crippen LogP contribution in [0.5, 0.6) is 0 Å². The molecule has 0 aliphatic rings. The van der Waals surface area contributed by atoms with Gasteiger partial charge in [0, 0.05) is 16.9 Å². The minimum Gasteiger partial charge on any atom is -0.319 e. The van der Waals surface area contributed by atoms with E-state index in [0.717, 1.165) is 28.6 Å². The molecule has 0 aromatic heterocycles. The van der Waals surface area contributed by atoms with Gasteiger partial charge >= 0.3 is 0 Å². The normalized spacial score (nSPS) is 12.4. The third-order valence-electron chi connectivity index (χ3n) is 3.55. The lowest BCUT2D eigenvalue weighted by molar-refractivity contribution is 0.606. The topological polar surface area (TPSA) is 12.0 Å². The number of benzene rings is 2. The Kier molecular flexibility index (Phi) is 5.32. The molecule has 3 heteroatoms. The van der Waals surface area contributed by atoms with Crippen LogP contribution in [0.4, 0.5) is 4.39 Å². The van der Waals surface area contributed by atoms with Crippen LogP contribution >= 0.6 is 15.9 Å². The van der Waals surface area contributed by atoms with Gasteiger partial charge in [0.05, 0.1) is 0 Å². The minimum absolute atomic E-state index is 0.164. The second kappa shape index (κ2) is 7.00. The number of aryl methyl sites for hydroxylation is 1. The standard InChI is InChI=1S/C17H19BrFN/c1-12-6-7-17(19)10-14(12)8-15(11-20-2)13-4-3-5-16(18)9-13/h3-7,9-10,15,20H,8,11H2,1-2H3. The average Bonchev–Trinajstić information content (AvgIpc) is 2.42. The smallest absolute Gasteiger partial charge is 0.123 e. The number of hydrogen-bond acceptors (Lipinski definition) is 1. The van der Waals surface area contributed by atoms with Crippen molar-refractivity contribution in [2.75, 3.05) is 13.6 Å². The van der Waals surface area contributed by atoms with Crippen molar-refractivity contribution in [1.82, 2.24) is 5.32 Å². The molecule has 20 heavy (non-hydrogen) atoms. The van der Waals surface area contributed by atoms with Gasteiger partial charge in [-0.3, -0.25) is 0 Å². The molecule has 0 aliphatic carbocycles. The van der Waals surface area contributed by atoms with Gasteiger partial charge in [-0.25, -0.2) is 4.39 Å². The van der Waals surface area contributed by atoms with E-state index < -0.39 is 0 Å². The quantitative estimate of drug-likeness (QED) is 0.851. The predicted molar refractivity (Wildman–Crippen MR) is 85.7 cm³/mol. The summed E-state index contributed by atoms with van der Waals surface area (Å²) in [6.45, 7) is 2.90. The summed E-state index contributed by atoms with van der Waals surface area (Å²) in [4.78, 5) is 0. The van der Waals surface area contributed by atoms with Crippen LogP contribution in [0.1, 0.15) is 22.6 Å². The van der Waals surface area contributed by atoms with Crippen molar-refractivity contribution in [3.05, 3.63) is 69.4 Å². The van der Waals surface area contributed by atoms with Gasteiger partial charge in [-0.2, -0.15) is 0 Å². The average molecular weight is 336 g/mol. The van der Waals surface area contributed by atoms with E-state index in [0.29, 0.717) is 5.92 Å². The second-order valence-electron chi connectivity index (χ2n) is 5.08. The Morgan fingerprint density at radius 3 is 2.70 bits per heavy atom. The number of hydrogen-bond donors (Lipinski definition) is 1. The van der Waals surface area contributed by atoms with Crippen LogP contribution in [0.3, 0.4) is 0 Å². The molecule has 0 aliphatic heterocycles. The summed E-state index contributed by atoms with van der Waals surface area (Å²) in [7, 11) is 1.95. The lowest BCUT2D eigenvalue weighted by atomic mass is 9.90. The van der Waals surface area contributed by atoms with E-state index >= 15 is 0 Å². The van der Waals surface area contributed by atoms with Crippen molar-refractivity contribution in [2.45, 2.75) is 19.3 Å². The highest BCUT2D eigenvalue weighted by atomic mass is 79.9. The van der Waals surface area contributed by atoms with Crippen LogP contribution in [-0.4, -0.2) is 13.6 Å². The Hall–Kier alpha value is -1.19. The highest BCUT2D eigenvalue weighted by molar-refractivity contribution is 9.10. The molecule has 0 bridgehead atoms. The van der Waals surface area contributed by atoms with Crippen molar-refractivity contribution in [3.63, 3.8) is 0 Å². The van der Waals surface area contributed by atoms with Gasteiger partial charge in [0.15, 0.2) is 0 Å². The molecule has 0 spiro atoms. The van der Waals surface area contributed by atoms with Gasteiger partial charge in [0.25, 0.3) is 0 Å². The molecule has 106 valence electrons. The third kappa shape index (κ3) is 3.90. The molecule has 0 amide bonds. The fourth-order valence-corrected chi connectivity index (χ4v) is 2.86. The van der Waals surface area contributed by atoms with Crippen LogP contribution in [-0.2, 0) is 6.42 Å². The van der Waals surface area contributed by atoms with E-state index in [1.807, 2.05) is 32.2 Å². The second-order valence-corrected chi connectivity index (χ2v) is 6.00. The molecular weight excluding hydrogens is 317 g/mol. The molecule has 0 saturated heterocycles. The molecule has 0 radical (unpaired) electrons. The van der Waals surface area contributed by atoms with Gasteiger partial charge in [0.1, 0.15) is 5.82 Å². The fraction of sp³-hybridized carbons (Fsp3) is 0.294. The Labute approximate surface area is 128 Å². The van der Waals surface area contributed by atoms with E-state index in [1.54, 1.807) is 6.07 Å². The molecule has 1 N–H and O–H groups in total. The molecular formula is C17H19BrFN. The lowest BCUT2D eigenvalue weighted by Gasteiger charge is -2.19. The molecule has 1 nitrogen and oxygen atoms in total. The van der Waals surface area contributed by atoms with Crippen molar-refractivity contribution in [1.29, 1.82) is 0 Å². The summed E-state index contributed by atoms with van der Waals surface area (Å²) in [5.74, 6) is 0.168. The van der Waals surface area contributed by atoms with Gasteiger partial charge in [-0.05, 0) is 61.3 Å². The summed E-state index contributed by atoms with van der Waals surface area (Å²) in [5.41, 5.74) is 3.48. The third-order valence-corrected chi connectivity index (χ3v) is 4.04. The summed E-state index contributed by atoms with van der Waals surface area (Å²) in [5, 5.41) is 3.23. The highest BCUT2D eigenvalue weighted by Crippen LogP contribution is 2.25. The summed E-state index contributed by atoms with van der Waals surface area (Å²) >= 11 is 3.51. The zero-order valence-electron chi connectivity index (χ0n) is 11.8. The summed E-state index contributed by atoms with van der Waals surface area (Å²) in [6, 6.07) is 13.3. The first-order chi connectivity index (χ1) is 9.60. The number of likely N-dealkylation sites (N-methyl/N-ethyl adjacent to an activating group) is 1. The molecule has 0 heterocycles. The zero-order chi connectivity index (χ0) is 14.5. The molecule has 0 saturated carbocycles.